The fraction of sp³-hybridized carbons (Fsp3) is 0.286. The Morgan fingerprint density at radius 1 is 1.25 bits per heavy atom. The highest BCUT2D eigenvalue weighted by atomic mass is 79.9. The van der Waals surface area contributed by atoms with Crippen molar-refractivity contribution in [1.29, 1.82) is 0 Å². The number of carbonyl (C=O) groups is 1. The normalized spacial score (nSPS) is 10.4. The van der Waals surface area contributed by atoms with E-state index in [0.29, 0.717) is 12.3 Å². The van der Waals surface area contributed by atoms with Crippen LogP contribution < -0.4 is 10.6 Å². The zero-order chi connectivity index (χ0) is 14.7. The van der Waals surface area contributed by atoms with Gasteiger partial charge in [0.15, 0.2) is 5.76 Å². The van der Waals surface area contributed by atoms with Crippen LogP contribution in [0.5, 0.6) is 0 Å². The summed E-state index contributed by atoms with van der Waals surface area (Å²) in [6.07, 6.45) is 0. The summed E-state index contributed by atoms with van der Waals surface area (Å²) in [5.74, 6) is 0.627. The average molecular weight is 338 g/mol. The second-order valence-corrected chi connectivity index (χ2v) is 5.57. The SMILES string of the molecule is Cc1cc(CNC(=O)Nc2c(C)cc(Br)cc2C)on1. The van der Waals surface area contributed by atoms with Gasteiger partial charge in [0.05, 0.1) is 12.2 Å². The molecule has 0 aliphatic rings. The molecular weight excluding hydrogens is 322 g/mol. The topological polar surface area (TPSA) is 67.2 Å². The molecule has 0 saturated carbocycles. The Morgan fingerprint density at radius 2 is 1.90 bits per heavy atom. The summed E-state index contributed by atoms with van der Waals surface area (Å²) in [5.41, 5.74) is 3.62. The molecule has 6 heteroatoms. The minimum Gasteiger partial charge on any atom is -0.359 e. The lowest BCUT2D eigenvalue weighted by atomic mass is 10.1. The Labute approximate surface area is 125 Å². The zero-order valence-corrected chi connectivity index (χ0v) is 13.2. The molecule has 0 aliphatic heterocycles. The van der Waals surface area contributed by atoms with Crippen LogP contribution in [0.15, 0.2) is 27.2 Å². The second kappa shape index (κ2) is 6.09. The van der Waals surface area contributed by atoms with Crippen molar-refractivity contribution in [3.63, 3.8) is 0 Å². The van der Waals surface area contributed by atoms with Gasteiger partial charge in [-0.2, -0.15) is 0 Å². The van der Waals surface area contributed by atoms with Crippen molar-refractivity contribution in [2.24, 2.45) is 0 Å². The maximum absolute atomic E-state index is 11.9. The van der Waals surface area contributed by atoms with Crippen LogP contribution in [-0.4, -0.2) is 11.2 Å². The maximum atomic E-state index is 11.9. The molecule has 1 aromatic heterocycles. The molecule has 0 fully saturated rings. The number of aromatic nitrogens is 1. The van der Waals surface area contributed by atoms with E-state index in [-0.39, 0.29) is 6.03 Å². The standard InChI is InChI=1S/C14H16BrN3O2/c1-8-4-11(15)5-9(2)13(8)17-14(19)16-7-12-6-10(3)18-20-12/h4-6H,7H2,1-3H3,(H2,16,17,19). The van der Waals surface area contributed by atoms with E-state index in [9.17, 15) is 4.79 Å². The van der Waals surface area contributed by atoms with Gasteiger partial charge in [0.25, 0.3) is 0 Å². The number of carbonyl (C=O) groups excluding carboxylic acids is 1. The summed E-state index contributed by atoms with van der Waals surface area (Å²) >= 11 is 3.43. The number of aryl methyl sites for hydroxylation is 3. The van der Waals surface area contributed by atoms with E-state index in [1.807, 2.05) is 32.9 Å². The third kappa shape index (κ3) is 3.60. The highest BCUT2D eigenvalue weighted by molar-refractivity contribution is 9.10. The maximum Gasteiger partial charge on any atom is 0.319 e. The van der Waals surface area contributed by atoms with Crippen LogP contribution in [0.3, 0.4) is 0 Å². The number of urea groups is 1. The number of nitrogens with one attached hydrogen (secondary N) is 2. The molecule has 0 spiro atoms. The molecular formula is C14H16BrN3O2. The van der Waals surface area contributed by atoms with E-state index in [4.69, 9.17) is 4.52 Å². The van der Waals surface area contributed by atoms with Gasteiger partial charge in [-0.15, -0.1) is 0 Å². The number of hydrogen-bond acceptors (Lipinski definition) is 3. The van der Waals surface area contributed by atoms with Gasteiger partial charge in [0.2, 0.25) is 0 Å². The van der Waals surface area contributed by atoms with Gasteiger partial charge in [0.1, 0.15) is 0 Å². The van der Waals surface area contributed by atoms with Gasteiger partial charge in [-0.1, -0.05) is 21.1 Å². The van der Waals surface area contributed by atoms with Crippen molar-refractivity contribution in [2.45, 2.75) is 27.3 Å². The third-order valence-corrected chi connectivity index (χ3v) is 3.29. The molecule has 1 heterocycles. The Hall–Kier alpha value is -1.82. The number of benzene rings is 1. The molecule has 0 radical (unpaired) electrons. The third-order valence-electron chi connectivity index (χ3n) is 2.84. The van der Waals surface area contributed by atoms with Gasteiger partial charge in [-0.25, -0.2) is 4.79 Å². The van der Waals surface area contributed by atoms with Crippen molar-refractivity contribution in [3.8, 4) is 0 Å². The van der Waals surface area contributed by atoms with Crippen molar-refractivity contribution >= 4 is 27.6 Å². The molecule has 5 nitrogen and oxygen atoms in total. The largest absolute Gasteiger partial charge is 0.359 e. The first-order chi connectivity index (χ1) is 9.45. The van der Waals surface area contributed by atoms with E-state index in [1.165, 1.54) is 0 Å². The van der Waals surface area contributed by atoms with Gasteiger partial charge < -0.3 is 15.2 Å². The Balaban J connectivity index is 1.98. The van der Waals surface area contributed by atoms with Crippen molar-refractivity contribution < 1.29 is 9.32 Å². The number of nitrogens with zero attached hydrogens (tertiary/aromatic N) is 1. The molecule has 0 bridgehead atoms. The first-order valence-corrected chi connectivity index (χ1v) is 6.99. The molecule has 0 saturated heterocycles. The zero-order valence-electron chi connectivity index (χ0n) is 11.6. The van der Waals surface area contributed by atoms with Gasteiger partial charge in [0, 0.05) is 16.2 Å². The molecule has 20 heavy (non-hydrogen) atoms. The van der Waals surface area contributed by atoms with Crippen LogP contribution in [0, 0.1) is 20.8 Å². The summed E-state index contributed by atoms with van der Waals surface area (Å²) < 4.78 is 6.03. The first kappa shape index (κ1) is 14.6. The Bertz CT molecular complexity index is 614. The molecule has 2 aromatic rings. The Kier molecular flexibility index (Phi) is 4.44. The summed E-state index contributed by atoms with van der Waals surface area (Å²) in [6.45, 7) is 6.04. The minimum absolute atomic E-state index is 0.271. The van der Waals surface area contributed by atoms with Crippen LogP contribution in [0.25, 0.3) is 0 Å². The molecule has 1 aromatic carbocycles. The fourth-order valence-electron chi connectivity index (χ4n) is 1.93. The highest BCUT2D eigenvalue weighted by Crippen LogP contribution is 2.24. The monoisotopic (exact) mass is 337 g/mol. The predicted molar refractivity (Wildman–Crippen MR) is 80.7 cm³/mol. The van der Waals surface area contributed by atoms with Crippen LogP contribution in [0.2, 0.25) is 0 Å². The van der Waals surface area contributed by atoms with E-state index in [0.717, 1.165) is 27.0 Å². The van der Waals surface area contributed by atoms with Crippen LogP contribution in [-0.2, 0) is 6.54 Å². The molecule has 2 N–H and O–H groups in total. The van der Waals surface area contributed by atoms with E-state index in [1.54, 1.807) is 6.07 Å². The summed E-state index contributed by atoms with van der Waals surface area (Å²) in [6, 6.07) is 5.44. The smallest absolute Gasteiger partial charge is 0.319 e. The summed E-state index contributed by atoms with van der Waals surface area (Å²) in [5, 5.41) is 9.35. The number of anilines is 1. The summed E-state index contributed by atoms with van der Waals surface area (Å²) in [4.78, 5) is 11.9. The lowest BCUT2D eigenvalue weighted by Gasteiger charge is -2.12. The molecule has 0 unspecified atom stereocenters. The van der Waals surface area contributed by atoms with Crippen LogP contribution in [0.4, 0.5) is 10.5 Å². The lowest BCUT2D eigenvalue weighted by molar-refractivity contribution is 0.250. The van der Waals surface area contributed by atoms with E-state index >= 15 is 0 Å². The number of hydrogen-bond donors (Lipinski definition) is 2. The molecule has 0 aliphatic carbocycles. The number of halogens is 1. The second-order valence-electron chi connectivity index (χ2n) is 4.66. The average Bonchev–Trinajstić information content (AvgIpc) is 2.77. The van der Waals surface area contributed by atoms with E-state index in [2.05, 4.69) is 31.7 Å². The number of amides is 2. The van der Waals surface area contributed by atoms with Crippen molar-refractivity contribution in [1.82, 2.24) is 10.5 Å². The number of rotatable bonds is 3. The van der Waals surface area contributed by atoms with Crippen molar-refractivity contribution in [2.75, 3.05) is 5.32 Å². The van der Waals surface area contributed by atoms with E-state index < -0.39 is 0 Å². The lowest BCUT2D eigenvalue weighted by Crippen LogP contribution is -2.28. The molecule has 0 atom stereocenters. The quantitative estimate of drug-likeness (QED) is 0.897. The predicted octanol–water partition coefficient (Wildman–Crippen LogP) is 3.68. The van der Waals surface area contributed by atoms with Crippen molar-refractivity contribution in [3.05, 3.63) is 45.3 Å². The van der Waals surface area contributed by atoms with Gasteiger partial charge in [-0.05, 0) is 44.0 Å². The Morgan fingerprint density at radius 3 is 2.45 bits per heavy atom. The fourth-order valence-corrected chi connectivity index (χ4v) is 2.62. The minimum atomic E-state index is -0.271. The molecule has 2 rings (SSSR count). The molecule has 106 valence electrons. The summed E-state index contributed by atoms with van der Waals surface area (Å²) in [7, 11) is 0. The van der Waals surface area contributed by atoms with Gasteiger partial charge in [-0.3, -0.25) is 0 Å². The molecule has 2 amide bonds. The van der Waals surface area contributed by atoms with Crippen LogP contribution in [0.1, 0.15) is 22.6 Å². The van der Waals surface area contributed by atoms with Gasteiger partial charge >= 0.3 is 6.03 Å². The highest BCUT2D eigenvalue weighted by Gasteiger charge is 2.09. The van der Waals surface area contributed by atoms with Crippen LogP contribution >= 0.6 is 15.9 Å². The first-order valence-electron chi connectivity index (χ1n) is 6.19.